The topological polar surface area (TPSA) is 3.24 Å². The number of anilines is 3. The van der Waals surface area contributed by atoms with Gasteiger partial charge in [-0.2, -0.15) is 0 Å². The van der Waals surface area contributed by atoms with Crippen molar-refractivity contribution in [3.63, 3.8) is 0 Å². The number of rotatable bonds is 8. The van der Waals surface area contributed by atoms with E-state index in [4.69, 9.17) is 0 Å². The Balaban J connectivity index is 1.00. The molecule has 1 aliphatic rings. The van der Waals surface area contributed by atoms with E-state index in [1.54, 1.807) is 0 Å². The molecule has 0 bridgehead atoms. The van der Waals surface area contributed by atoms with E-state index in [2.05, 4.69) is 254 Å². The van der Waals surface area contributed by atoms with Crippen LogP contribution in [0.4, 0.5) is 17.1 Å². The average molecular weight is 820 g/mol. The highest BCUT2D eigenvalue weighted by Gasteiger charge is 2.45. The Labute approximate surface area is 372 Å². The minimum atomic E-state index is -0.462. The van der Waals surface area contributed by atoms with Crippen molar-refractivity contribution >= 4 is 48.6 Å². The SMILES string of the molecule is c1ccc(-c2cccc(-c3ccc(N(c4ccc(C5(c6ccccc6)c6ccccc6-c6ccccc65)cc4)c4cccc(-c5cccc6c5sc5ccccc56)c4)cc3)c2)cc1. The largest absolute Gasteiger partial charge is 0.310 e. The normalized spacial score (nSPS) is 12.6. The highest BCUT2D eigenvalue weighted by molar-refractivity contribution is 7.26. The lowest BCUT2D eigenvalue weighted by molar-refractivity contribution is 0.768. The van der Waals surface area contributed by atoms with Gasteiger partial charge in [0.15, 0.2) is 0 Å². The fourth-order valence-electron chi connectivity index (χ4n) is 10.1. The van der Waals surface area contributed by atoms with Crippen LogP contribution in [0.1, 0.15) is 22.3 Å². The third-order valence-electron chi connectivity index (χ3n) is 13.0. The molecule has 0 radical (unpaired) electrons. The zero-order valence-electron chi connectivity index (χ0n) is 34.5. The number of thiophene rings is 1. The van der Waals surface area contributed by atoms with Crippen molar-refractivity contribution in [3.8, 4) is 44.5 Å². The molecule has 11 aromatic rings. The lowest BCUT2D eigenvalue weighted by atomic mass is 9.68. The van der Waals surface area contributed by atoms with Crippen LogP contribution in [-0.4, -0.2) is 0 Å². The summed E-state index contributed by atoms with van der Waals surface area (Å²) in [6.07, 6.45) is 0. The molecule has 1 aliphatic carbocycles. The first-order valence-electron chi connectivity index (χ1n) is 21.7. The summed E-state index contributed by atoms with van der Waals surface area (Å²) in [6, 6.07) is 91.4. The van der Waals surface area contributed by atoms with Crippen LogP contribution in [0.5, 0.6) is 0 Å². The molecule has 0 atom stereocenters. The monoisotopic (exact) mass is 819 g/mol. The molecule has 0 unspecified atom stereocenters. The molecule has 10 aromatic carbocycles. The molecule has 1 heterocycles. The van der Waals surface area contributed by atoms with Crippen LogP contribution in [0, 0.1) is 0 Å². The van der Waals surface area contributed by atoms with Crippen LogP contribution >= 0.6 is 11.3 Å². The van der Waals surface area contributed by atoms with E-state index < -0.39 is 5.41 Å². The summed E-state index contributed by atoms with van der Waals surface area (Å²) in [7, 11) is 0. The predicted molar refractivity (Wildman–Crippen MR) is 268 cm³/mol. The third kappa shape index (κ3) is 6.14. The summed E-state index contributed by atoms with van der Waals surface area (Å²) >= 11 is 1.88. The quantitative estimate of drug-likeness (QED) is 0.148. The van der Waals surface area contributed by atoms with Gasteiger partial charge in [0, 0.05) is 37.2 Å². The molecule has 0 saturated heterocycles. The van der Waals surface area contributed by atoms with Gasteiger partial charge in [0.05, 0.1) is 5.41 Å². The van der Waals surface area contributed by atoms with E-state index in [1.165, 1.54) is 86.9 Å². The van der Waals surface area contributed by atoms with Crippen molar-refractivity contribution in [2.24, 2.45) is 0 Å². The maximum absolute atomic E-state index is 2.41. The van der Waals surface area contributed by atoms with Crippen LogP contribution in [0.25, 0.3) is 64.7 Å². The predicted octanol–water partition coefficient (Wildman–Crippen LogP) is 16.9. The molecule has 0 amide bonds. The molecule has 2 heteroatoms. The Bertz CT molecular complexity index is 3390. The summed E-state index contributed by atoms with van der Waals surface area (Å²) in [4.78, 5) is 2.41. The lowest BCUT2D eigenvalue weighted by Crippen LogP contribution is -2.28. The van der Waals surface area contributed by atoms with Gasteiger partial charge in [0.25, 0.3) is 0 Å². The van der Waals surface area contributed by atoms with E-state index >= 15 is 0 Å². The van der Waals surface area contributed by atoms with Crippen LogP contribution in [0.2, 0.25) is 0 Å². The fraction of sp³-hybridized carbons (Fsp3) is 0.0164. The van der Waals surface area contributed by atoms with E-state index in [9.17, 15) is 0 Å². The first-order valence-corrected chi connectivity index (χ1v) is 22.5. The van der Waals surface area contributed by atoms with Crippen LogP contribution in [-0.2, 0) is 5.41 Å². The molecule has 63 heavy (non-hydrogen) atoms. The lowest BCUT2D eigenvalue weighted by Gasteiger charge is -2.34. The Morgan fingerprint density at radius 3 is 1.51 bits per heavy atom. The molecular weight excluding hydrogens is 779 g/mol. The molecule has 296 valence electrons. The number of nitrogens with zero attached hydrogens (tertiary/aromatic N) is 1. The van der Waals surface area contributed by atoms with E-state index in [1.807, 2.05) is 11.3 Å². The smallest absolute Gasteiger partial charge is 0.0713 e. The molecule has 0 aliphatic heterocycles. The van der Waals surface area contributed by atoms with Crippen molar-refractivity contribution in [2.75, 3.05) is 4.90 Å². The molecule has 0 saturated carbocycles. The average Bonchev–Trinajstić information content (AvgIpc) is 3.90. The summed E-state index contributed by atoms with van der Waals surface area (Å²) in [5, 5.41) is 2.62. The van der Waals surface area contributed by atoms with Crippen molar-refractivity contribution in [3.05, 3.63) is 271 Å². The van der Waals surface area contributed by atoms with Gasteiger partial charge in [0.2, 0.25) is 0 Å². The number of benzene rings is 10. The van der Waals surface area contributed by atoms with Gasteiger partial charge in [0.1, 0.15) is 0 Å². The zero-order valence-corrected chi connectivity index (χ0v) is 35.3. The second-order valence-corrected chi connectivity index (χ2v) is 17.5. The van der Waals surface area contributed by atoms with Gasteiger partial charge in [-0.3, -0.25) is 0 Å². The van der Waals surface area contributed by atoms with E-state index in [-0.39, 0.29) is 0 Å². The number of hydrogen-bond donors (Lipinski definition) is 0. The minimum absolute atomic E-state index is 0.462. The molecule has 1 nitrogen and oxygen atoms in total. The first-order chi connectivity index (χ1) is 31.2. The highest BCUT2D eigenvalue weighted by Crippen LogP contribution is 2.56. The molecule has 1 aromatic heterocycles. The summed E-state index contributed by atoms with van der Waals surface area (Å²) in [5.74, 6) is 0. The maximum Gasteiger partial charge on any atom is 0.0713 e. The Hall–Kier alpha value is -7.78. The van der Waals surface area contributed by atoms with Crippen LogP contribution in [0.15, 0.2) is 249 Å². The number of fused-ring (bicyclic) bond motifs is 6. The van der Waals surface area contributed by atoms with Crippen LogP contribution in [0.3, 0.4) is 0 Å². The minimum Gasteiger partial charge on any atom is -0.310 e. The van der Waals surface area contributed by atoms with Gasteiger partial charge >= 0.3 is 0 Å². The van der Waals surface area contributed by atoms with Gasteiger partial charge in [-0.05, 0) is 115 Å². The van der Waals surface area contributed by atoms with Crippen LogP contribution < -0.4 is 4.90 Å². The van der Waals surface area contributed by atoms with Crippen molar-refractivity contribution in [2.45, 2.75) is 5.41 Å². The van der Waals surface area contributed by atoms with Crippen molar-refractivity contribution in [1.82, 2.24) is 0 Å². The second-order valence-electron chi connectivity index (χ2n) is 16.4. The molecule has 0 spiro atoms. The Kier molecular flexibility index (Phi) is 8.98. The van der Waals surface area contributed by atoms with Crippen molar-refractivity contribution in [1.29, 1.82) is 0 Å². The van der Waals surface area contributed by atoms with Gasteiger partial charge < -0.3 is 4.90 Å². The molecule has 0 fully saturated rings. The molecule has 0 N–H and O–H groups in total. The summed E-state index contributed by atoms with van der Waals surface area (Å²) in [6.45, 7) is 0. The van der Waals surface area contributed by atoms with Gasteiger partial charge in [-0.1, -0.05) is 200 Å². The first kappa shape index (κ1) is 37.0. The third-order valence-corrected chi connectivity index (χ3v) is 14.2. The second kappa shape index (κ2) is 15.3. The molecular formula is C61H41NS. The fourth-order valence-corrected chi connectivity index (χ4v) is 11.4. The zero-order chi connectivity index (χ0) is 41.7. The number of hydrogen-bond acceptors (Lipinski definition) is 2. The van der Waals surface area contributed by atoms with Gasteiger partial charge in [-0.15, -0.1) is 11.3 Å². The van der Waals surface area contributed by atoms with Gasteiger partial charge in [-0.25, -0.2) is 0 Å². The van der Waals surface area contributed by atoms with Crippen molar-refractivity contribution < 1.29 is 0 Å². The highest BCUT2D eigenvalue weighted by atomic mass is 32.1. The molecule has 12 rings (SSSR count). The Morgan fingerprint density at radius 1 is 0.302 bits per heavy atom. The Morgan fingerprint density at radius 2 is 0.794 bits per heavy atom. The van der Waals surface area contributed by atoms with E-state index in [0.29, 0.717) is 0 Å². The standard InChI is InChI=1S/C61H41NS/c1-3-16-42(17-4-1)44-18-13-19-45(40-44)43-32-36-49(37-33-43)62(51-23-14-20-46(41-51)52-27-15-28-56-55-26-9-12-31-59(55)63-60(52)56)50-38-34-48(35-39-50)61(47-21-5-2-6-22-47)57-29-10-7-24-53(57)54-25-8-11-30-58(54)61/h1-41H. The van der Waals surface area contributed by atoms with E-state index in [0.717, 1.165) is 17.1 Å². The summed E-state index contributed by atoms with van der Waals surface area (Å²) < 4.78 is 2.63. The maximum atomic E-state index is 2.41. The summed E-state index contributed by atoms with van der Waals surface area (Å²) in [5.41, 5.74) is 17.8.